The number of Topliss-reactive ketones (excluding diaryl/α,β-unsaturated/α-hetero) is 1. The van der Waals surface area contributed by atoms with Gasteiger partial charge in [0.2, 0.25) is 0 Å². The zero-order valence-electron chi connectivity index (χ0n) is 13.5. The molecule has 6 nitrogen and oxygen atoms in total. The molecule has 24 heavy (non-hydrogen) atoms. The summed E-state index contributed by atoms with van der Waals surface area (Å²) >= 11 is 0. The smallest absolute Gasteiger partial charge is 0.347 e. The van der Waals surface area contributed by atoms with Gasteiger partial charge < -0.3 is 13.9 Å². The normalized spacial score (nSPS) is 20.8. The van der Waals surface area contributed by atoms with Gasteiger partial charge in [-0.2, -0.15) is 0 Å². The molecule has 0 saturated carbocycles. The highest BCUT2D eigenvalue weighted by Crippen LogP contribution is 2.32. The molecule has 0 amide bonds. The van der Waals surface area contributed by atoms with E-state index < -0.39 is 5.63 Å². The Bertz CT molecular complexity index is 850. The average molecular weight is 329 g/mol. The van der Waals surface area contributed by atoms with Crippen LogP contribution >= 0.6 is 0 Å². The second kappa shape index (κ2) is 6.03. The first-order valence-electron chi connectivity index (χ1n) is 8.19. The summed E-state index contributed by atoms with van der Waals surface area (Å²) in [6.45, 7) is 4.11. The van der Waals surface area contributed by atoms with E-state index in [1.165, 1.54) is 6.92 Å². The van der Waals surface area contributed by atoms with Gasteiger partial charge >= 0.3 is 5.63 Å². The van der Waals surface area contributed by atoms with Crippen molar-refractivity contribution in [1.29, 1.82) is 0 Å². The Labute approximate surface area is 139 Å². The topological polar surface area (TPSA) is 69.0 Å². The number of carbonyl (C=O) groups excluding carboxylic acids is 1. The molecule has 2 aromatic rings. The summed E-state index contributed by atoms with van der Waals surface area (Å²) in [5.74, 6) is 0.435. The van der Waals surface area contributed by atoms with Crippen molar-refractivity contribution in [2.45, 2.75) is 32.4 Å². The first-order chi connectivity index (χ1) is 11.6. The molecule has 6 heteroatoms. The van der Waals surface area contributed by atoms with E-state index in [4.69, 9.17) is 13.9 Å². The van der Waals surface area contributed by atoms with Crippen LogP contribution in [0, 0.1) is 0 Å². The molecule has 0 bridgehead atoms. The molecule has 1 aromatic heterocycles. The highest BCUT2D eigenvalue weighted by Gasteiger charge is 2.26. The minimum Gasteiger partial charge on any atom is -0.478 e. The summed E-state index contributed by atoms with van der Waals surface area (Å²) < 4.78 is 17.0. The summed E-state index contributed by atoms with van der Waals surface area (Å²) in [4.78, 5) is 25.7. The molecule has 0 aliphatic carbocycles. The minimum atomic E-state index is -0.598. The van der Waals surface area contributed by atoms with Gasteiger partial charge in [-0.1, -0.05) is 0 Å². The molecule has 2 aliphatic heterocycles. The van der Waals surface area contributed by atoms with Gasteiger partial charge in [-0.05, 0) is 38.0 Å². The highest BCUT2D eigenvalue weighted by molar-refractivity contribution is 5.97. The van der Waals surface area contributed by atoms with Crippen molar-refractivity contribution in [3.8, 4) is 5.75 Å². The predicted molar refractivity (Wildman–Crippen MR) is 87.4 cm³/mol. The number of nitrogens with zero attached hydrogens (tertiary/aromatic N) is 1. The molecule has 0 radical (unpaired) electrons. The Morgan fingerprint density at radius 3 is 3.00 bits per heavy atom. The van der Waals surface area contributed by atoms with Crippen LogP contribution < -0.4 is 10.4 Å². The molecule has 1 fully saturated rings. The Morgan fingerprint density at radius 1 is 1.38 bits per heavy atom. The summed E-state index contributed by atoms with van der Waals surface area (Å²) in [5.41, 5.74) is 0.832. The zero-order valence-corrected chi connectivity index (χ0v) is 13.5. The second-order valence-corrected chi connectivity index (χ2v) is 6.38. The predicted octanol–water partition coefficient (Wildman–Crippen LogP) is 2.33. The third-order valence-corrected chi connectivity index (χ3v) is 4.61. The van der Waals surface area contributed by atoms with Crippen LogP contribution in [0.3, 0.4) is 0 Å². The van der Waals surface area contributed by atoms with Crippen LogP contribution in [0.25, 0.3) is 11.0 Å². The van der Waals surface area contributed by atoms with E-state index in [0.717, 1.165) is 42.7 Å². The van der Waals surface area contributed by atoms with Gasteiger partial charge in [0.05, 0.1) is 11.7 Å². The molecule has 0 spiro atoms. The van der Waals surface area contributed by atoms with Crippen LogP contribution in [0.15, 0.2) is 27.4 Å². The lowest BCUT2D eigenvalue weighted by Gasteiger charge is -2.30. The van der Waals surface area contributed by atoms with E-state index in [9.17, 15) is 9.59 Å². The molecule has 1 saturated heterocycles. The van der Waals surface area contributed by atoms with Gasteiger partial charge in [-0.25, -0.2) is 4.79 Å². The fourth-order valence-corrected chi connectivity index (χ4v) is 3.38. The summed E-state index contributed by atoms with van der Waals surface area (Å²) in [7, 11) is 0. The number of fused-ring (bicyclic) bond motifs is 3. The van der Waals surface area contributed by atoms with Crippen LogP contribution in [-0.2, 0) is 11.3 Å². The van der Waals surface area contributed by atoms with Crippen molar-refractivity contribution < 1.29 is 18.7 Å². The molecule has 4 rings (SSSR count). The van der Waals surface area contributed by atoms with Crippen molar-refractivity contribution in [1.82, 2.24) is 4.90 Å². The number of carbonyl (C=O) groups is 1. The maximum Gasteiger partial charge on any atom is 0.347 e. The number of benzene rings is 1. The number of hydrogen-bond donors (Lipinski definition) is 0. The third-order valence-electron chi connectivity index (χ3n) is 4.61. The van der Waals surface area contributed by atoms with E-state index in [1.807, 2.05) is 12.1 Å². The Balaban J connectivity index is 1.70. The van der Waals surface area contributed by atoms with Crippen molar-refractivity contribution in [3.63, 3.8) is 0 Å². The van der Waals surface area contributed by atoms with Gasteiger partial charge in [0, 0.05) is 25.1 Å². The van der Waals surface area contributed by atoms with Gasteiger partial charge in [-0.3, -0.25) is 9.69 Å². The second-order valence-electron chi connectivity index (χ2n) is 6.38. The molecule has 1 unspecified atom stereocenters. The minimum absolute atomic E-state index is 0.0791. The van der Waals surface area contributed by atoms with E-state index in [-0.39, 0.29) is 17.5 Å². The lowest BCUT2D eigenvalue weighted by Crippen LogP contribution is -2.37. The molecule has 1 aromatic carbocycles. The van der Waals surface area contributed by atoms with Crippen molar-refractivity contribution in [3.05, 3.63) is 39.7 Å². The van der Waals surface area contributed by atoms with Crippen molar-refractivity contribution in [2.24, 2.45) is 0 Å². The molecule has 126 valence electrons. The summed E-state index contributed by atoms with van der Waals surface area (Å²) in [6, 6.07) is 5.28. The third kappa shape index (κ3) is 2.72. The molecule has 1 atom stereocenters. The van der Waals surface area contributed by atoms with Gasteiger partial charge in [-0.15, -0.1) is 0 Å². The Morgan fingerprint density at radius 2 is 2.25 bits per heavy atom. The standard InChI is InChI=1S/C18H19NO5/c1-11(20)14-7-12-4-5-16-15(17(12)24-18(14)21)9-19(10-23-16)8-13-3-2-6-22-13/h4-5,7,13H,2-3,6,8-10H2,1H3. The first-order valence-corrected chi connectivity index (χ1v) is 8.19. The quantitative estimate of drug-likeness (QED) is 0.636. The van der Waals surface area contributed by atoms with Gasteiger partial charge in [0.1, 0.15) is 23.6 Å². The first kappa shape index (κ1) is 15.4. The van der Waals surface area contributed by atoms with Gasteiger partial charge in [0.25, 0.3) is 0 Å². The summed E-state index contributed by atoms with van der Waals surface area (Å²) in [5, 5.41) is 0.737. The number of rotatable bonds is 3. The van der Waals surface area contributed by atoms with Crippen LogP contribution in [0.1, 0.15) is 35.7 Å². The Kier molecular flexibility index (Phi) is 3.86. The molecule has 0 N–H and O–H groups in total. The number of ketones is 1. The maximum absolute atomic E-state index is 12.1. The van der Waals surface area contributed by atoms with Crippen LogP contribution in [0.5, 0.6) is 5.75 Å². The van der Waals surface area contributed by atoms with Gasteiger partial charge in [0.15, 0.2) is 5.78 Å². The number of hydrogen-bond acceptors (Lipinski definition) is 6. The molecular formula is C18H19NO5. The molecule has 3 heterocycles. The largest absolute Gasteiger partial charge is 0.478 e. The molecular weight excluding hydrogens is 310 g/mol. The molecule has 2 aliphatic rings. The number of ether oxygens (including phenoxy) is 2. The van der Waals surface area contributed by atoms with Crippen LogP contribution in [0.2, 0.25) is 0 Å². The lowest BCUT2D eigenvalue weighted by molar-refractivity contribution is 0.0281. The monoisotopic (exact) mass is 329 g/mol. The fourth-order valence-electron chi connectivity index (χ4n) is 3.38. The summed E-state index contributed by atoms with van der Waals surface area (Å²) in [6.07, 6.45) is 2.40. The zero-order chi connectivity index (χ0) is 16.7. The van der Waals surface area contributed by atoms with Crippen molar-refractivity contribution in [2.75, 3.05) is 19.9 Å². The van der Waals surface area contributed by atoms with E-state index >= 15 is 0 Å². The van der Waals surface area contributed by atoms with E-state index in [0.29, 0.717) is 18.9 Å². The maximum atomic E-state index is 12.1. The van der Waals surface area contributed by atoms with Crippen LogP contribution in [0.4, 0.5) is 0 Å². The van der Waals surface area contributed by atoms with Crippen LogP contribution in [-0.4, -0.2) is 36.7 Å². The SMILES string of the molecule is CC(=O)c1cc2ccc3c(c2oc1=O)CN(CC1CCCO1)CO3. The Hall–Kier alpha value is -2.18. The highest BCUT2D eigenvalue weighted by atomic mass is 16.5. The van der Waals surface area contributed by atoms with Crippen molar-refractivity contribution >= 4 is 16.8 Å². The fraction of sp³-hybridized carbons (Fsp3) is 0.444. The lowest BCUT2D eigenvalue weighted by atomic mass is 10.1. The van der Waals surface area contributed by atoms with E-state index in [2.05, 4.69) is 4.90 Å². The van der Waals surface area contributed by atoms with E-state index in [1.54, 1.807) is 6.07 Å². The average Bonchev–Trinajstić information content (AvgIpc) is 3.07.